The van der Waals surface area contributed by atoms with E-state index in [1.807, 2.05) is 20.0 Å². The van der Waals surface area contributed by atoms with Gasteiger partial charge in [-0.1, -0.05) is 29.8 Å². The highest BCUT2D eigenvalue weighted by atomic mass is 16.2. The van der Waals surface area contributed by atoms with Crippen molar-refractivity contribution in [2.45, 2.75) is 26.8 Å². The van der Waals surface area contributed by atoms with E-state index in [9.17, 15) is 4.79 Å². The number of rotatable bonds is 5. The molecule has 0 fully saturated rings. The number of likely N-dealkylation sites (N-methyl/N-ethyl adjacent to an activating group) is 1. The van der Waals surface area contributed by atoms with Crippen molar-refractivity contribution >= 4 is 5.91 Å². The molecule has 1 amide bonds. The van der Waals surface area contributed by atoms with Gasteiger partial charge in [0.2, 0.25) is 5.91 Å². The van der Waals surface area contributed by atoms with Crippen molar-refractivity contribution in [2.24, 2.45) is 0 Å². The van der Waals surface area contributed by atoms with Crippen molar-refractivity contribution in [1.29, 1.82) is 0 Å². The molecule has 1 aromatic carbocycles. The van der Waals surface area contributed by atoms with Crippen molar-refractivity contribution in [3.8, 4) is 0 Å². The van der Waals surface area contributed by atoms with Gasteiger partial charge in [-0.05, 0) is 26.3 Å². The topological polar surface area (TPSA) is 32.3 Å². The van der Waals surface area contributed by atoms with E-state index >= 15 is 0 Å². The van der Waals surface area contributed by atoms with Crippen molar-refractivity contribution in [1.82, 2.24) is 10.2 Å². The molecule has 3 nitrogen and oxygen atoms in total. The van der Waals surface area contributed by atoms with Crippen LogP contribution < -0.4 is 5.32 Å². The van der Waals surface area contributed by atoms with Gasteiger partial charge in [0.1, 0.15) is 0 Å². The zero-order chi connectivity index (χ0) is 12.8. The fraction of sp³-hybridized carbons (Fsp3) is 0.500. The van der Waals surface area contributed by atoms with Crippen LogP contribution in [0.1, 0.15) is 31.0 Å². The predicted octanol–water partition coefficient (Wildman–Crippen LogP) is 2.12. The third-order valence-corrected chi connectivity index (χ3v) is 3.00. The molecule has 0 aliphatic heterocycles. The van der Waals surface area contributed by atoms with Crippen molar-refractivity contribution in [2.75, 3.05) is 20.1 Å². The number of aryl methyl sites for hydroxylation is 1. The summed E-state index contributed by atoms with van der Waals surface area (Å²) in [5.74, 6) is 0.131. The minimum Gasteiger partial charge on any atom is -0.345 e. The normalized spacial score (nSPS) is 12.2. The van der Waals surface area contributed by atoms with E-state index in [1.165, 1.54) is 11.1 Å². The Balaban J connectivity index is 2.50. The summed E-state index contributed by atoms with van der Waals surface area (Å²) in [6, 6.07) is 8.54. The van der Waals surface area contributed by atoms with Gasteiger partial charge >= 0.3 is 0 Å². The Morgan fingerprint density at radius 1 is 1.47 bits per heavy atom. The van der Waals surface area contributed by atoms with Crippen molar-refractivity contribution < 1.29 is 4.79 Å². The van der Waals surface area contributed by atoms with Crippen LogP contribution >= 0.6 is 0 Å². The van der Waals surface area contributed by atoms with Gasteiger partial charge in [-0.25, -0.2) is 0 Å². The summed E-state index contributed by atoms with van der Waals surface area (Å²) in [5.41, 5.74) is 2.46. The maximum Gasteiger partial charge on any atom is 0.236 e. The van der Waals surface area contributed by atoms with E-state index in [0.717, 1.165) is 6.54 Å². The molecule has 1 aromatic rings. The first-order valence-corrected chi connectivity index (χ1v) is 6.08. The molecule has 1 rings (SSSR count). The Bertz CT molecular complexity index is 376. The lowest BCUT2D eigenvalue weighted by atomic mass is 10.1. The Morgan fingerprint density at radius 2 is 2.18 bits per heavy atom. The number of hydrogen-bond acceptors (Lipinski definition) is 2. The molecule has 17 heavy (non-hydrogen) atoms. The maximum absolute atomic E-state index is 11.6. The van der Waals surface area contributed by atoms with Gasteiger partial charge in [0.25, 0.3) is 0 Å². The van der Waals surface area contributed by atoms with E-state index in [-0.39, 0.29) is 11.9 Å². The van der Waals surface area contributed by atoms with Gasteiger partial charge in [0, 0.05) is 19.6 Å². The number of nitrogens with one attached hydrogen (secondary N) is 1. The summed E-state index contributed by atoms with van der Waals surface area (Å²) < 4.78 is 0. The van der Waals surface area contributed by atoms with Crippen LogP contribution in [0.4, 0.5) is 0 Å². The lowest BCUT2D eigenvalue weighted by Crippen LogP contribution is -2.36. The molecule has 0 aromatic heterocycles. The maximum atomic E-state index is 11.6. The molecule has 0 bridgehead atoms. The van der Waals surface area contributed by atoms with Crippen molar-refractivity contribution in [3.05, 3.63) is 35.4 Å². The Morgan fingerprint density at radius 3 is 2.76 bits per heavy atom. The molecule has 0 saturated heterocycles. The Labute approximate surface area is 104 Å². The van der Waals surface area contributed by atoms with Gasteiger partial charge in [-0.3, -0.25) is 4.79 Å². The minimum atomic E-state index is 0.131. The summed E-state index contributed by atoms with van der Waals surface area (Å²) in [5, 5.41) is 3.25. The molecule has 1 atom stereocenters. The summed E-state index contributed by atoms with van der Waals surface area (Å²) >= 11 is 0. The molecular formula is C14H22N2O. The Kier molecular flexibility index (Phi) is 5.16. The average molecular weight is 234 g/mol. The third kappa shape index (κ3) is 4.19. The van der Waals surface area contributed by atoms with E-state index in [4.69, 9.17) is 0 Å². The first kappa shape index (κ1) is 13.7. The van der Waals surface area contributed by atoms with Gasteiger partial charge in [-0.2, -0.15) is 0 Å². The molecular weight excluding hydrogens is 212 g/mol. The number of amides is 1. The van der Waals surface area contributed by atoms with Gasteiger partial charge in [-0.15, -0.1) is 0 Å². The van der Waals surface area contributed by atoms with E-state index in [1.54, 1.807) is 4.90 Å². The van der Waals surface area contributed by atoms with Crippen LogP contribution in [0.3, 0.4) is 0 Å². The number of hydrogen-bond donors (Lipinski definition) is 1. The average Bonchev–Trinajstić information content (AvgIpc) is 2.34. The fourth-order valence-electron chi connectivity index (χ4n) is 1.61. The number of carbonyl (C=O) groups is 1. The molecule has 0 unspecified atom stereocenters. The van der Waals surface area contributed by atoms with Crippen LogP contribution in [-0.2, 0) is 4.79 Å². The molecule has 94 valence electrons. The highest BCUT2D eigenvalue weighted by molar-refractivity contribution is 5.77. The minimum absolute atomic E-state index is 0.131. The zero-order valence-corrected chi connectivity index (χ0v) is 11.2. The zero-order valence-electron chi connectivity index (χ0n) is 11.2. The lowest BCUT2D eigenvalue weighted by Gasteiger charge is -2.18. The van der Waals surface area contributed by atoms with Crippen LogP contribution in [0.2, 0.25) is 0 Å². The Hall–Kier alpha value is -1.35. The van der Waals surface area contributed by atoms with Gasteiger partial charge in [0.05, 0.1) is 6.54 Å². The number of benzene rings is 1. The highest BCUT2D eigenvalue weighted by Gasteiger charge is 2.09. The summed E-state index contributed by atoms with van der Waals surface area (Å²) in [7, 11) is 1.82. The van der Waals surface area contributed by atoms with Crippen LogP contribution in [0, 0.1) is 6.92 Å². The number of nitrogens with zero attached hydrogens (tertiary/aromatic N) is 1. The molecule has 0 spiro atoms. The van der Waals surface area contributed by atoms with E-state index < -0.39 is 0 Å². The third-order valence-electron chi connectivity index (χ3n) is 3.00. The van der Waals surface area contributed by atoms with Crippen LogP contribution in [-0.4, -0.2) is 30.9 Å². The molecule has 0 aliphatic carbocycles. The summed E-state index contributed by atoms with van der Waals surface area (Å²) in [4.78, 5) is 13.4. The molecule has 0 aliphatic rings. The van der Waals surface area contributed by atoms with Crippen LogP contribution in [0.5, 0.6) is 0 Å². The van der Waals surface area contributed by atoms with Crippen LogP contribution in [0.25, 0.3) is 0 Å². The molecule has 3 heteroatoms. The second-order valence-corrected chi connectivity index (χ2v) is 4.42. The molecule has 0 saturated carbocycles. The largest absolute Gasteiger partial charge is 0.345 e. The summed E-state index contributed by atoms with van der Waals surface area (Å²) in [6.45, 7) is 7.26. The van der Waals surface area contributed by atoms with E-state index in [2.05, 4.69) is 37.4 Å². The predicted molar refractivity (Wildman–Crippen MR) is 70.9 cm³/mol. The second kappa shape index (κ2) is 6.40. The molecule has 0 radical (unpaired) electrons. The lowest BCUT2D eigenvalue weighted by molar-refractivity contribution is -0.128. The monoisotopic (exact) mass is 234 g/mol. The smallest absolute Gasteiger partial charge is 0.236 e. The quantitative estimate of drug-likeness (QED) is 0.846. The van der Waals surface area contributed by atoms with Gasteiger partial charge < -0.3 is 10.2 Å². The first-order chi connectivity index (χ1) is 8.04. The second-order valence-electron chi connectivity index (χ2n) is 4.42. The standard InChI is InChI=1S/C14H22N2O/c1-5-16(4)14(17)10-15-12(3)13-8-6-7-11(2)9-13/h6-9,12,15H,5,10H2,1-4H3/t12-/m0/s1. The van der Waals surface area contributed by atoms with Crippen molar-refractivity contribution in [3.63, 3.8) is 0 Å². The molecule has 0 heterocycles. The summed E-state index contributed by atoms with van der Waals surface area (Å²) in [6.07, 6.45) is 0. The van der Waals surface area contributed by atoms with Gasteiger partial charge in [0.15, 0.2) is 0 Å². The number of carbonyl (C=O) groups excluding carboxylic acids is 1. The highest BCUT2D eigenvalue weighted by Crippen LogP contribution is 2.13. The van der Waals surface area contributed by atoms with Crippen LogP contribution in [0.15, 0.2) is 24.3 Å². The SMILES string of the molecule is CCN(C)C(=O)CN[C@@H](C)c1cccc(C)c1. The first-order valence-electron chi connectivity index (χ1n) is 6.08. The fourth-order valence-corrected chi connectivity index (χ4v) is 1.61. The molecule has 1 N–H and O–H groups in total. The van der Waals surface area contributed by atoms with E-state index in [0.29, 0.717) is 6.54 Å².